The maximum Gasteiger partial charge on any atom is 0.404 e. The van der Waals surface area contributed by atoms with Crippen molar-refractivity contribution in [3.8, 4) is 0 Å². The Balaban J connectivity index is 2.63. The third-order valence-electron chi connectivity index (χ3n) is 1.46. The molecule has 1 heterocycles. The van der Waals surface area contributed by atoms with Crippen molar-refractivity contribution < 1.29 is 9.53 Å². The second-order valence-corrected chi connectivity index (χ2v) is 2.58. The highest BCUT2D eigenvalue weighted by atomic mass is 35.5. The molecule has 0 amide bonds. The molecule has 0 aliphatic carbocycles. The van der Waals surface area contributed by atoms with Crippen LogP contribution in [0.15, 0.2) is 18.3 Å². The second-order valence-electron chi connectivity index (χ2n) is 2.27. The Morgan fingerprint density at radius 2 is 2.50 bits per heavy atom. The van der Waals surface area contributed by atoms with Gasteiger partial charge >= 0.3 is 5.43 Å². The summed E-state index contributed by atoms with van der Waals surface area (Å²) in [5.41, 5.74) is 0.917. The molecule has 1 aromatic heterocycles. The fourth-order valence-corrected chi connectivity index (χ4v) is 0.859. The number of carbonyl (C=O) groups is 1. The molecule has 0 unspecified atom stereocenters. The third kappa shape index (κ3) is 2.51. The van der Waals surface area contributed by atoms with Gasteiger partial charge in [0, 0.05) is 29.1 Å². The molecule has 3 nitrogen and oxygen atoms in total. The van der Waals surface area contributed by atoms with Crippen LogP contribution in [0.2, 0.25) is 0 Å². The molecule has 4 heteroatoms. The van der Waals surface area contributed by atoms with Crippen molar-refractivity contribution >= 4 is 17.0 Å². The smallest absolute Gasteiger partial charge is 0.404 e. The van der Waals surface area contributed by atoms with Gasteiger partial charge in [0.25, 0.3) is 0 Å². The average molecular weight is 186 g/mol. The zero-order valence-corrected chi connectivity index (χ0v) is 7.34. The van der Waals surface area contributed by atoms with E-state index in [4.69, 9.17) is 11.6 Å². The van der Waals surface area contributed by atoms with Crippen LogP contribution >= 0.6 is 11.6 Å². The van der Waals surface area contributed by atoms with Gasteiger partial charge < -0.3 is 4.74 Å². The summed E-state index contributed by atoms with van der Waals surface area (Å²) in [5.74, 6) is 0. The highest BCUT2D eigenvalue weighted by molar-refractivity contribution is 6.61. The number of ether oxygens (including phenoxy) is 1. The van der Waals surface area contributed by atoms with E-state index in [2.05, 4.69) is 9.72 Å². The molecule has 1 rings (SSSR count). The van der Waals surface area contributed by atoms with Crippen LogP contribution in [0.3, 0.4) is 0 Å². The van der Waals surface area contributed by atoms with Gasteiger partial charge in [-0.15, -0.1) is 0 Å². The molecule has 0 saturated heterocycles. The van der Waals surface area contributed by atoms with Crippen LogP contribution in [0.1, 0.15) is 11.3 Å². The number of halogens is 1. The summed E-state index contributed by atoms with van der Waals surface area (Å²) in [6.07, 6.45) is 1.68. The molecule has 0 bridgehead atoms. The lowest BCUT2D eigenvalue weighted by Gasteiger charge is -2.02. The maximum absolute atomic E-state index is 10.3. The van der Waals surface area contributed by atoms with Crippen molar-refractivity contribution in [2.75, 3.05) is 0 Å². The Kier molecular flexibility index (Phi) is 3.05. The fraction of sp³-hybridized carbons (Fsp3) is 0.250. The zero-order valence-electron chi connectivity index (χ0n) is 6.58. The van der Waals surface area contributed by atoms with E-state index in [-0.39, 0.29) is 6.61 Å². The molecule has 0 aliphatic rings. The van der Waals surface area contributed by atoms with Crippen LogP contribution in [0.5, 0.6) is 0 Å². The van der Waals surface area contributed by atoms with Gasteiger partial charge in [-0.2, -0.15) is 0 Å². The topological polar surface area (TPSA) is 39.2 Å². The Hall–Kier alpha value is -1.09. The number of pyridine rings is 1. The number of aryl methyl sites for hydroxylation is 1. The molecule has 0 fully saturated rings. The SMILES string of the molecule is Cc1ncccc1COC(=O)Cl. The summed E-state index contributed by atoms with van der Waals surface area (Å²) < 4.78 is 4.60. The number of rotatable bonds is 2. The fourth-order valence-electron chi connectivity index (χ4n) is 0.805. The minimum atomic E-state index is -0.793. The minimum Gasteiger partial charge on any atom is -0.449 e. The van der Waals surface area contributed by atoms with Crippen molar-refractivity contribution in [2.24, 2.45) is 0 Å². The number of hydrogen-bond donors (Lipinski definition) is 0. The van der Waals surface area contributed by atoms with E-state index >= 15 is 0 Å². The van der Waals surface area contributed by atoms with Crippen molar-refractivity contribution in [3.63, 3.8) is 0 Å². The van der Waals surface area contributed by atoms with Gasteiger partial charge in [-0.25, -0.2) is 4.79 Å². The molecule has 0 atom stereocenters. The van der Waals surface area contributed by atoms with Crippen LogP contribution in [0, 0.1) is 6.92 Å². The van der Waals surface area contributed by atoms with Crippen molar-refractivity contribution in [1.82, 2.24) is 4.98 Å². The van der Waals surface area contributed by atoms with Gasteiger partial charge in [0.1, 0.15) is 6.61 Å². The normalized spacial score (nSPS) is 9.50. The maximum atomic E-state index is 10.3. The average Bonchev–Trinajstić information content (AvgIpc) is 2.03. The van der Waals surface area contributed by atoms with Gasteiger partial charge in [-0.1, -0.05) is 6.07 Å². The molecule has 12 heavy (non-hydrogen) atoms. The first-order chi connectivity index (χ1) is 5.70. The van der Waals surface area contributed by atoms with Crippen LogP contribution < -0.4 is 0 Å². The largest absolute Gasteiger partial charge is 0.449 e. The highest BCUT2D eigenvalue weighted by Gasteiger charge is 2.00. The monoisotopic (exact) mass is 185 g/mol. The van der Waals surface area contributed by atoms with E-state index in [0.717, 1.165) is 11.3 Å². The first kappa shape index (κ1) is 9.00. The van der Waals surface area contributed by atoms with Gasteiger partial charge in [-0.3, -0.25) is 4.98 Å². The van der Waals surface area contributed by atoms with E-state index < -0.39 is 5.43 Å². The molecule has 0 N–H and O–H groups in total. The quantitative estimate of drug-likeness (QED) is 0.664. The molecule has 0 aromatic carbocycles. The van der Waals surface area contributed by atoms with E-state index in [9.17, 15) is 4.79 Å². The molecule has 0 radical (unpaired) electrons. The Morgan fingerprint density at radius 3 is 3.08 bits per heavy atom. The summed E-state index contributed by atoms with van der Waals surface area (Å²) in [6.45, 7) is 2.03. The molecular formula is C8H8ClNO2. The number of aromatic nitrogens is 1. The van der Waals surface area contributed by atoms with Gasteiger partial charge in [0.05, 0.1) is 0 Å². The second kappa shape index (κ2) is 4.07. The van der Waals surface area contributed by atoms with Crippen molar-refractivity contribution in [1.29, 1.82) is 0 Å². The summed E-state index contributed by atoms with van der Waals surface area (Å²) in [5, 5.41) is 0. The molecule has 1 aromatic rings. The van der Waals surface area contributed by atoms with E-state index in [0.29, 0.717) is 0 Å². The summed E-state index contributed by atoms with van der Waals surface area (Å²) in [4.78, 5) is 14.3. The van der Waals surface area contributed by atoms with Crippen molar-refractivity contribution in [3.05, 3.63) is 29.6 Å². The minimum absolute atomic E-state index is 0.183. The molecule has 0 spiro atoms. The summed E-state index contributed by atoms with van der Waals surface area (Å²) >= 11 is 5.00. The van der Waals surface area contributed by atoms with Crippen LogP contribution in [0.4, 0.5) is 4.79 Å². The predicted octanol–water partition coefficient (Wildman–Crippen LogP) is 2.27. The Bertz CT molecular complexity index is 288. The zero-order chi connectivity index (χ0) is 8.97. The van der Waals surface area contributed by atoms with Gasteiger partial charge in [0.15, 0.2) is 0 Å². The van der Waals surface area contributed by atoms with Gasteiger partial charge in [0.2, 0.25) is 0 Å². The highest BCUT2D eigenvalue weighted by Crippen LogP contribution is 2.05. The Labute approximate surface area is 75.3 Å². The summed E-state index contributed by atoms with van der Waals surface area (Å²) in [6, 6.07) is 3.62. The summed E-state index contributed by atoms with van der Waals surface area (Å²) in [7, 11) is 0. The number of nitrogens with zero attached hydrogens (tertiary/aromatic N) is 1. The lowest BCUT2D eigenvalue weighted by Crippen LogP contribution is -1.97. The van der Waals surface area contributed by atoms with E-state index in [1.54, 1.807) is 12.3 Å². The van der Waals surface area contributed by atoms with Crippen LogP contribution in [-0.2, 0) is 11.3 Å². The standard InChI is InChI=1S/C8H8ClNO2/c1-6-7(3-2-4-10-6)5-12-8(9)11/h2-4H,5H2,1H3. The predicted molar refractivity (Wildman–Crippen MR) is 45.0 cm³/mol. The van der Waals surface area contributed by atoms with Crippen LogP contribution in [0.25, 0.3) is 0 Å². The lowest BCUT2D eigenvalue weighted by molar-refractivity contribution is 0.166. The first-order valence-corrected chi connectivity index (χ1v) is 3.80. The number of hydrogen-bond acceptors (Lipinski definition) is 3. The number of carbonyl (C=O) groups excluding carboxylic acids is 1. The first-order valence-electron chi connectivity index (χ1n) is 3.43. The molecule has 0 saturated carbocycles. The van der Waals surface area contributed by atoms with E-state index in [1.165, 1.54) is 0 Å². The molecule has 64 valence electrons. The van der Waals surface area contributed by atoms with Crippen LogP contribution in [-0.4, -0.2) is 10.4 Å². The lowest BCUT2D eigenvalue weighted by atomic mass is 10.2. The Morgan fingerprint density at radius 1 is 1.75 bits per heavy atom. The molecular weight excluding hydrogens is 178 g/mol. The van der Waals surface area contributed by atoms with E-state index in [1.807, 2.05) is 13.0 Å². The van der Waals surface area contributed by atoms with Gasteiger partial charge in [-0.05, 0) is 13.0 Å². The third-order valence-corrected chi connectivity index (χ3v) is 1.57. The molecule has 0 aliphatic heterocycles. The van der Waals surface area contributed by atoms with Crippen molar-refractivity contribution in [2.45, 2.75) is 13.5 Å².